The summed E-state index contributed by atoms with van der Waals surface area (Å²) in [5.41, 5.74) is 10.0. The average molecular weight is 512 g/mol. The molecule has 1 N–H and O–H groups in total. The zero-order valence-corrected chi connectivity index (χ0v) is 21.2. The largest absolute Gasteiger partial charge is 0.476 e. The number of fused-ring (bicyclic) bond motifs is 4. The summed E-state index contributed by atoms with van der Waals surface area (Å²) in [6.45, 7) is 0.930. The number of nitrogens with zero attached hydrogens (tertiary/aromatic N) is 3. The Labute approximate surface area is 226 Å². The van der Waals surface area contributed by atoms with Crippen LogP contribution in [0.2, 0.25) is 0 Å². The van der Waals surface area contributed by atoms with Crippen LogP contribution in [0.1, 0.15) is 28.7 Å². The number of carbonyl (C=O) groups excluding carboxylic acids is 1. The number of carbonyl (C=O) groups is 2. The van der Waals surface area contributed by atoms with E-state index in [-0.39, 0.29) is 11.3 Å². The second-order valence-electron chi connectivity index (χ2n) is 10.1. The molecule has 0 radical (unpaired) electrons. The molecular weight excluding hydrogens is 486 g/mol. The summed E-state index contributed by atoms with van der Waals surface area (Å²) >= 11 is 0. The summed E-state index contributed by atoms with van der Waals surface area (Å²) in [7, 11) is 0. The highest BCUT2D eigenvalue weighted by atomic mass is 16.4. The second kappa shape index (κ2) is 9.10. The molecule has 0 fully saturated rings. The lowest BCUT2D eigenvalue weighted by atomic mass is 9.96. The third-order valence-corrected chi connectivity index (χ3v) is 7.70. The van der Waals surface area contributed by atoms with Crippen molar-refractivity contribution in [3.63, 3.8) is 0 Å². The van der Waals surface area contributed by atoms with Gasteiger partial charge < -0.3 is 10.0 Å². The lowest BCUT2D eigenvalue weighted by Gasteiger charge is -2.32. The maximum atomic E-state index is 13.2. The number of carboxylic acid groups (broad SMARTS) is 1. The van der Waals surface area contributed by atoms with Gasteiger partial charge in [-0.1, -0.05) is 54.6 Å². The number of para-hydroxylation sites is 1. The van der Waals surface area contributed by atoms with E-state index in [0.717, 1.165) is 42.1 Å². The summed E-state index contributed by atoms with van der Waals surface area (Å²) in [6.07, 6.45) is 4.52. The van der Waals surface area contributed by atoms with E-state index >= 15 is 0 Å². The van der Waals surface area contributed by atoms with Crippen molar-refractivity contribution in [1.82, 2.24) is 0 Å². The number of amides is 1. The first-order valence-electron chi connectivity index (χ1n) is 13.1. The number of benzene rings is 4. The number of anilines is 3. The van der Waals surface area contributed by atoms with Gasteiger partial charge >= 0.3 is 5.97 Å². The van der Waals surface area contributed by atoms with E-state index in [4.69, 9.17) is 0 Å². The van der Waals surface area contributed by atoms with E-state index in [1.54, 1.807) is 30.3 Å². The molecule has 7 rings (SSSR count). The molecule has 4 aromatic carbocycles. The number of carboxylic acids is 1. The van der Waals surface area contributed by atoms with Crippen molar-refractivity contribution >= 4 is 40.7 Å². The molecule has 2 heterocycles. The third-order valence-electron chi connectivity index (χ3n) is 7.70. The van der Waals surface area contributed by atoms with Crippen LogP contribution in [0, 0.1) is 0 Å². The first kappa shape index (κ1) is 23.2. The molecule has 0 saturated carbocycles. The number of aliphatic carboxylic acids is 1. The minimum atomic E-state index is -1.23. The van der Waals surface area contributed by atoms with Gasteiger partial charge in [0.15, 0.2) is 5.71 Å². The van der Waals surface area contributed by atoms with Crippen LogP contribution in [0.5, 0.6) is 0 Å². The van der Waals surface area contributed by atoms with Crippen LogP contribution in [0.15, 0.2) is 102 Å². The Hall–Kier alpha value is -4.97. The molecule has 0 saturated heterocycles. The standard InChI is InChI=1S/C33H25N3O3/c37-32-29(31(33(38)39)34-36(32)25-9-2-1-3-10-25)18-21-12-15-30-23(17-21)8-6-16-35(30)26-13-14-28-24(20-26)19-22-7-4-5-11-27(22)28/h1-5,7,9-15,17-18,20H,6,8,16,19H2,(H,38,39)/b29-18-. The van der Waals surface area contributed by atoms with Crippen LogP contribution in [0.4, 0.5) is 17.1 Å². The SMILES string of the molecule is O=C(O)C1=NN(c2ccccc2)C(=O)/C1=C\c1ccc2c(c1)CCCN2c1ccc2c(c1)Cc1ccccc1-2. The minimum Gasteiger partial charge on any atom is -0.476 e. The minimum absolute atomic E-state index is 0.0807. The van der Waals surface area contributed by atoms with Crippen LogP contribution < -0.4 is 9.91 Å². The fraction of sp³-hybridized carbons (Fsp3) is 0.121. The quantitative estimate of drug-likeness (QED) is 0.291. The van der Waals surface area contributed by atoms with E-state index in [1.165, 1.54) is 33.5 Å². The van der Waals surface area contributed by atoms with Gasteiger partial charge in [0.25, 0.3) is 5.91 Å². The van der Waals surface area contributed by atoms with Crippen molar-refractivity contribution in [3.05, 3.63) is 119 Å². The Morgan fingerprint density at radius 1 is 0.821 bits per heavy atom. The molecule has 39 heavy (non-hydrogen) atoms. The number of hydrazone groups is 1. The smallest absolute Gasteiger partial charge is 0.357 e. The summed E-state index contributed by atoms with van der Waals surface area (Å²) in [5.74, 6) is -1.67. The zero-order valence-electron chi connectivity index (χ0n) is 21.2. The van der Waals surface area contributed by atoms with Gasteiger partial charge in [-0.3, -0.25) is 4.79 Å². The zero-order chi connectivity index (χ0) is 26.5. The highest BCUT2D eigenvalue weighted by Crippen LogP contribution is 2.41. The van der Waals surface area contributed by atoms with Crippen molar-refractivity contribution in [3.8, 4) is 11.1 Å². The van der Waals surface area contributed by atoms with E-state index in [2.05, 4.69) is 64.6 Å². The number of hydrogen-bond donors (Lipinski definition) is 1. The van der Waals surface area contributed by atoms with Gasteiger partial charge in [0, 0.05) is 17.9 Å². The lowest BCUT2D eigenvalue weighted by molar-refractivity contribution is -0.129. The number of rotatable bonds is 4. The van der Waals surface area contributed by atoms with Crippen LogP contribution in [0.3, 0.4) is 0 Å². The molecule has 0 bridgehead atoms. The van der Waals surface area contributed by atoms with Gasteiger partial charge in [0.1, 0.15) is 0 Å². The van der Waals surface area contributed by atoms with Crippen LogP contribution >= 0.6 is 0 Å². The maximum Gasteiger partial charge on any atom is 0.357 e. The van der Waals surface area contributed by atoms with E-state index in [0.29, 0.717) is 5.69 Å². The van der Waals surface area contributed by atoms with Gasteiger partial charge in [-0.25, -0.2) is 4.79 Å². The predicted octanol–water partition coefficient (Wildman–Crippen LogP) is 6.21. The first-order valence-corrected chi connectivity index (χ1v) is 13.1. The number of hydrogen-bond acceptors (Lipinski definition) is 4. The monoisotopic (exact) mass is 511 g/mol. The molecule has 0 atom stereocenters. The fourth-order valence-corrected chi connectivity index (χ4v) is 5.89. The van der Waals surface area contributed by atoms with Crippen LogP contribution in [-0.2, 0) is 22.4 Å². The summed E-state index contributed by atoms with van der Waals surface area (Å²) in [6, 6.07) is 30.3. The highest BCUT2D eigenvalue weighted by Gasteiger charge is 2.35. The summed E-state index contributed by atoms with van der Waals surface area (Å²) in [5, 5.41) is 15.0. The van der Waals surface area contributed by atoms with Crippen LogP contribution in [0.25, 0.3) is 17.2 Å². The Bertz CT molecular complexity index is 1720. The molecule has 1 aliphatic carbocycles. The summed E-state index contributed by atoms with van der Waals surface area (Å²) < 4.78 is 0. The molecule has 0 unspecified atom stereocenters. The van der Waals surface area contributed by atoms with Crippen LogP contribution in [-0.4, -0.2) is 29.2 Å². The topological polar surface area (TPSA) is 73.2 Å². The van der Waals surface area contributed by atoms with Gasteiger partial charge in [-0.2, -0.15) is 10.1 Å². The maximum absolute atomic E-state index is 13.2. The van der Waals surface area contributed by atoms with E-state index in [9.17, 15) is 14.7 Å². The van der Waals surface area contributed by atoms with Crippen molar-refractivity contribution in [2.45, 2.75) is 19.3 Å². The predicted molar refractivity (Wildman–Crippen MR) is 153 cm³/mol. The molecule has 2 aliphatic heterocycles. The van der Waals surface area contributed by atoms with Gasteiger partial charge in [-0.05, 0) is 95.1 Å². The Morgan fingerprint density at radius 3 is 2.46 bits per heavy atom. The third kappa shape index (κ3) is 3.92. The molecule has 0 spiro atoms. The molecule has 3 aliphatic rings. The van der Waals surface area contributed by atoms with Gasteiger partial charge in [-0.15, -0.1) is 0 Å². The Balaban J connectivity index is 1.20. The second-order valence-corrected chi connectivity index (χ2v) is 10.1. The van der Waals surface area contributed by atoms with E-state index < -0.39 is 11.9 Å². The van der Waals surface area contributed by atoms with Crippen molar-refractivity contribution in [2.24, 2.45) is 5.10 Å². The highest BCUT2D eigenvalue weighted by molar-refractivity contribution is 6.53. The first-order chi connectivity index (χ1) is 19.1. The Morgan fingerprint density at radius 2 is 1.62 bits per heavy atom. The molecule has 0 aromatic heterocycles. The van der Waals surface area contributed by atoms with Crippen molar-refractivity contribution < 1.29 is 14.7 Å². The van der Waals surface area contributed by atoms with Gasteiger partial charge in [0.2, 0.25) is 0 Å². The van der Waals surface area contributed by atoms with E-state index in [1.807, 2.05) is 12.1 Å². The fourth-order valence-electron chi connectivity index (χ4n) is 5.89. The molecule has 6 nitrogen and oxygen atoms in total. The lowest BCUT2D eigenvalue weighted by Crippen LogP contribution is -2.24. The molecule has 6 heteroatoms. The van der Waals surface area contributed by atoms with Gasteiger partial charge in [0.05, 0.1) is 11.3 Å². The molecule has 4 aromatic rings. The van der Waals surface area contributed by atoms with Crippen molar-refractivity contribution in [1.29, 1.82) is 0 Å². The van der Waals surface area contributed by atoms with Crippen molar-refractivity contribution in [2.75, 3.05) is 16.5 Å². The normalized spacial score (nSPS) is 16.7. The Kier molecular flexibility index (Phi) is 5.40. The summed E-state index contributed by atoms with van der Waals surface area (Å²) in [4.78, 5) is 27.5. The molecular formula is C33H25N3O3. The molecule has 190 valence electrons. The number of aryl methyl sites for hydroxylation is 1. The average Bonchev–Trinajstić information content (AvgIpc) is 3.50. The molecule has 1 amide bonds.